The molecule has 0 aromatic carbocycles. The molecule has 0 fully saturated rings. The molecule has 0 spiro atoms. The van der Waals surface area contributed by atoms with Gasteiger partial charge in [0.2, 0.25) is 0 Å². The van der Waals surface area contributed by atoms with Crippen LogP contribution in [0.15, 0.2) is 24.8 Å². The van der Waals surface area contributed by atoms with Crippen molar-refractivity contribution in [2.75, 3.05) is 11.9 Å². The Morgan fingerprint density at radius 2 is 2.32 bits per heavy atom. The molecule has 3 heterocycles. The van der Waals surface area contributed by atoms with Gasteiger partial charge in [0.1, 0.15) is 17.7 Å². The standard InChI is InChI=1S/C12H15N7/c1-9-7-10-12(14-5-6-19(10)18-9)13-4-2-3-11-15-8-16-17-11/h5-8H,2-4H2,1H3,(H,13,14)(H,15,16,17). The van der Waals surface area contributed by atoms with Crippen molar-refractivity contribution in [1.29, 1.82) is 0 Å². The van der Waals surface area contributed by atoms with Crippen molar-refractivity contribution in [2.24, 2.45) is 0 Å². The second kappa shape index (κ2) is 5.05. The summed E-state index contributed by atoms with van der Waals surface area (Å²) in [6, 6.07) is 2.02. The van der Waals surface area contributed by atoms with E-state index in [1.54, 1.807) is 6.20 Å². The van der Waals surface area contributed by atoms with E-state index in [1.165, 1.54) is 6.33 Å². The van der Waals surface area contributed by atoms with E-state index in [0.717, 1.165) is 42.2 Å². The summed E-state index contributed by atoms with van der Waals surface area (Å²) in [5.41, 5.74) is 1.98. The van der Waals surface area contributed by atoms with Crippen molar-refractivity contribution in [3.63, 3.8) is 0 Å². The Hall–Kier alpha value is -2.44. The van der Waals surface area contributed by atoms with E-state index in [4.69, 9.17) is 0 Å². The Labute approximate surface area is 110 Å². The summed E-state index contributed by atoms with van der Waals surface area (Å²) in [4.78, 5) is 8.44. The number of fused-ring (bicyclic) bond motifs is 1. The van der Waals surface area contributed by atoms with Gasteiger partial charge in [-0.2, -0.15) is 10.2 Å². The number of H-pyrrole nitrogens is 1. The molecule has 0 unspecified atom stereocenters. The lowest BCUT2D eigenvalue weighted by atomic mass is 10.3. The molecular formula is C12H15N7. The van der Waals surface area contributed by atoms with Gasteiger partial charge in [-0.05, 0) is 19.4 Å². The lowest BCUT2D eigenvalue weighted by Crippen LogP contribution is -2.06. The van der Waals surface area contributed by atoms with Crippen LogP contribution in [0, 0.1) is 6.92 Å². The van der Waals surface area contributed by atoms with Crippen molar-refractivity contribution in [3.8, 4) is 0 Å². The van der Waals surface area contributed by atoms with Gasteiger partial charge in [-0.1, -0.05) is 0 Å². The van der Waals surface area contributed by atoms with Crippen molar-refractivity contribution >= 4 is 11.3 Å². The Morgan fingerprint density at radius 1 is 1.37 bits per heavy atom. The number of hydrogen-bond acceptors (Lipinski definition) is 5. The van der Waals surface area contributed by atoms with Crippen LogP contribution in [0.5, 0.6) is 0 Å². The molecule has 0 amide bonds. The van der Waals surface area contributed by atoms with Crippen molar-refractivity contribution in [3.05, 3.63) is 36.3 Å². The minimum Gasteiger partial charge on any atom is -0.368 e. The van der Waals surface area contributed by atoms with E-state index < -0.39 is 0 Å². The van der Waals surface area contributed by atoms with Crippen molar-refractivity contribution in [1.82, 2.24) is 29.8 Å². The first kappa shape index (κ1) is 11.6. The molecule has 0 aliphatic heterocycles. The molecule has 98 valence electrons. The van der Waals surface area contributed by atoms with Crippen LogP contribution in [0.1, 0.15) is 17.9 Å². The average molecular weight is 257 g/mol. The number of aromatic amines is 1. The smallest absolute Gasteiger partial charge is 0.152 e. The molecule has 0 atom stereocenters. The maximum atomic E-state index is 4.36. The maximum absolute atomic E-state index is 4.36. The number of aromatic nitrogens is 6. The van der Waals surface area contributed by atoms with Gasteiger partial charge in [0.15, 0.2) is 5.82 Å². The van der Waals surface area contributed by atoms with E-state index in [-0.39, 0.29) is 0 Å². The van der Waals surface area contributed by atoms with Crippen LogP contribution in [0.2, 0.25) is 0 Å². The molecule has 2 N–H and O–H groups in total. The number of hydrogen-bond donors (Lipinski definition) is 2. The third-order valence-corrected chi connectivity index (χ3v) is 2.86. The first-order chi connectivity index (χ1) is 9.33. The number of aryl methyl sites for hydroxylation is 2. The van der Waals surface area contributed by atoms with E-state index in [9.17, 15) is 0 Å². The zero-order chi connectivity index (χ0) is 13.1. The highest BCUT2D eigenvalue weighted by molar-refractivity contribution is 5.67. The Bertz CT molecular complexity index is 656. The largest absolute Gasteiger partial charge is 0.368 e. The first-order valence-corrected chi connectivity index (χ1v) is 6.22. The van der Waals surface area contributed by atoms with Crippen LogP contribution in [0.3, 0.4) is 0 Å². The van der Waals surface area contributed by atoms with Gasteiger partial charge >= 0.3 is 0 Å². The Kier molecular flexibility index (Phi) is 3.09. The second-order valence-electron chi connectivity index (χ2n) is 4.35. The summed E-state index contributed by atoms with van der Waals surface area (Å²) in [5.74, 6) is 1.77. The molecule has 0 bridgehead atoms. The lowest BCUT2D eigenvalue weighted by Gasteiger charge is -2.05. The fourth-order valence-corrected chi connectivity index (χ4v) is 1.99. The first-order valence-electron chi connectivity index (χ1n) is 6.22. The molecule has 3 rings (SSSR count). The molecule has 0 saturated heterocycles. The molecule has 7 heteroatoms. The van der Waals surface area contributed by atoms with Crippen LogP contribution in [-0.2, 0) is 6.42 Å². The number of nitrogens with one attached hydrogen (secondary N) is 2. The predicted molar refractivity (Wildman–Crippen MR) is 70.9 cm³/mol. The number of anilines is 1. The Balaban J connectivity index is 1.62. The van der Waals surface area contributed by atoms with Crippen LogP contribution in [0.25, 0.3) is 5.52 Å². The summed E-state index contributed by atoms with van der Waals surface area (Å²) in [6.45, 7) is 2.80. The molecular weight excluding hydrogens is 242 g/mol. The van der Waals surface area contributed by atoms with Gasteiger partial charge in [-0.25, -0.2) is 14.5 Å². The highest BCUT2D eigenvalue weighted by Gasteiger charge is 2.04. The van der Waals surface area contributed by atoms with Crippen LogP contribution >= 0.6 is 0 Å². The maximum Gasteiger partial charge on any atom is 0.152 e. The third kappa shape index (κ3) is 2.54. The van der Waals surface area contributed by atoms with E-state index >= 15 is 0 Å². The number of rotatable bonds is 5. The fraction of sp³-hybridized carbons (Fsp3) is 0.333. The molecule has 3 aromatic heterocycles. The average Bonchev–Trinajstić information content (AvgIpc) is 3.02. The van der Waals surface area contributed by atoms with Crippen LogP contribution in [-0.4, -0.2) is 36.3 Å². The molecule has 0 saturated carbocycles. The Morgan fingerprint density at radius 3 is 3.16 bits per heavy atom. The lowest BCUT2D eigenvalue weighted by molar-refractivity contribution is 0.803. The summed E-state index contributed by atoms with van der Waals surface area (Å²) in [6.07, 6.45) is 6.96. The van der Waals surface area contributed by atoms with E-state index in [2.05, 4.69) is 30.6 Å². The van der Waals surface area contributed by atoms with Gasteiger partial charge in [0.05, 0.1) is 5.69 Å². The van der Waals surface area contributed by atoms with Crippen molar-refractivity contribution in [2.45, 2.75) is 19.8 Å². The summed E-state index contributed by atoms with van der Waals surface area (Å²) in [5, 5.41) is 14.4. The van der Waals surface area contributed by atoms with Crippen LogP contribution in [0.4, 0.5) is 5.82 Å². The molecule has 7 nitrogen and oxygen atoms in total. The topological polar surface area (TPSA) is 83.8 Å². The van der Waals surface area contributed by atoms with Gasteiger partial charge in [0.25, 0.3) is 0 Å². The monoisotopic (exact) mass is 257 g/mol. The SMILES string of the molecule is Cc1cc2c(NCCCc3ncn[nH]3)nccn2n1. The minimum absolute atomic E-state index is 0.831. The zero-order valence-electron chi connectivity index (χ0n) is 10.7. The molecule has 3 aromatic rings. The molecule has 0 aliphatic rings. The predicted octanol–water partition coefficient (Wildman–Crippen LogP) is 1.20. The van der Waals surface area contributed by atoms with Crippen molar-refractivity contribution < 1.29 is 0 Å². The van der Waals surface area contributed by atoms with E-state index in [1.807, 2.05) is 23.7 Å². The zero-order valence-corrected chi connectivity index (χ0v) is 10.7. The third-order valence-electron chi connectivity index (χ3n) is 2.86. The summed E-state index contributed by atoms with van der Waals surface area (Å²) >= 11 is 0. The van der Waals surface area contributed by atoms with Gasteiger partial charge in [0, 0.05) is 25.4 Å². The van der Waals surface area contributed by atoms with Crippen LogP contribution < -0.4 is 5.32 Å². The number of nitrogens with zero attached hydrogens (tertiary/aromatic N) is 5. The van der Waals surface area contributed by atoms with Gasteiger partial charge in [-0.15, -0.1) is 0 Å². The molecule has 0 radical (unpaired) electrons. The van der Waals surface area contributed by atoms with Gasteiger partial charge < -0.3 is 5.32 Å². The molecule has 0 aliphatic carbocycles. The highest BCUT2D eigenvalue weighted by Crippen LogP contribution is 2.14. The normalized spacial score (nSPS) is 11.0. The fourth-order valence-electron chi connectivity index (χ4n) is 1.99. The quantitative estimate of drug-likeness (QED) is 0.671. The summed E-state index contributed by atoms with van der Waals surface area (Å²) in [7, 11) is 0. The molecule has 19 heavy (non-hydrogen) atoms. The summed E-state index contributed by atoms with van der Waals surface area (Å²) < 4.78 is 1.83. The highest BCUT2D eigenvalue weighted by atomic mass is 15.2. The van der Waals surface area contributed by atoms with E-state index in [0.29, 0.717) is 0 Å². The van der Waals surface area contributed by atoms with Gasteiger partial charge in [-0.3, -0.25) is 5.10 Å². The second-order valence-corrected chi connectivity index (χ2v) is 4.35. The minimum atomic E-state index is 0.831.